The molecule has 0 aromatic heterocycles. The molecule has 4 unspecified atom stereocenters. The summed E-state index contributed by atoms with van der Waals surface area (Å²) in [4.78, 5) is 0. The first-order chi connectivity index (χ1) is 8.84. The molecule has 2 aliphatic carbocycles. The predicted molar refractivity (Wildman–Crippen MR) is 77.6 cm³/mol. The summed E-state index contributed by atoms with van der Waals surface area (Å²) in [5, 5.41) is 0. The summed E-state index contributed by atoms with van der Waals surface area (Å²) in [6, 6.07) is 11.1. The summed E-state index contributed by atoms with van der Waals surface area (Å²) >= 11 is 0. The SMILES string of the molecule is CC(CC1CCC2CCCCC21)c1ccccc1. The van der Waals surface area contributed by atoms with Crippen molar-refractivity contribution >= 4 is 0 Å². The van der Waals surface area contributed by atoms with E-state index < -0.39 is 0 Å². The van der Waals surface area contributed by atoms with Gasteiger partial charge in [0.1, 0.15) is 0 Å². The fourth-order valence-electron chi connectivity index (χ4n) is 4.52. The molecule has 3 rings (SSSR count). The second kappa shape index (κ2) is 5.47. The van der Waals surface area contributed by atoms with Crippen molar-refractivity contribution in [1.82, 2.24) is 0 Å². The van der Waals surface area contributed by atoms with Gasteiger partial charge in [-0.1, -0.05) is 56.5 Å². The van der Waals surface area contributed by atoms with Crippen LogP contribution in [-0.2, 0) is 0 Å². The number of fused-ring (bicyclic) bond motifs is 1. The quantitative estimate of drug-likeness (QED) is 0.666. The lowest BCUT2D eigenvalue weighted by atomic mass is 9.75. The van der Waals surface area contributed by atoms with E-state index in [1.165, 1.54) is 50.5 Å². The lowest BCUT2D eigenvalue weighted by Crippen LogP contribution is -2.20. The zero-order chi connectivity index (χ0) is 12.4. The second-order valence-corrected chi connectivity index (χ2v) is 6.59. The number of hydrogen-bond donors (Lipinski definition) is 0. The Hall–Kier alpha value is -0.780. The van der Waals surface area contributed by atoms with Crippen molar-refractivity contribution in [2.75, 3.05) is 0 Å². The molecular formula is C18H26. The highest BCUT2D eigenvalue weighted by Gasteiger charge is 2.37. The summed E-state index contributed by atoms with van der Waals surface area (Å²) in [6.45, 7) is 2.42. The Kier molecular flexibility index (Phi) is 3.72. The Morgan fingerprint density at radius 1 is 1.00 bits per heavy atom. The molecule has 98 valence electrons. The minimum atomic E-state index is 0.747. The molecule has 0 heteroatoms. The van der Waals surface area contributed by atoms with Crippen LogP contribution in [0.5, 0.6) is 0 Å². The van der Waals surface area contributed by atoms with E-state index in [4.69, 9.17) is 0 Å². The highest BCUT2D eigenvalue weighted by atomic mass is 14.4. The van der Waals surface area contributed by atoms with Crippen molar-refractivity contribution in [3.8, 4) is 0 Å². The maximum atomic E-state index is 2.42. The van der Waals surface area contributed by atoms with E-state index in [0.29, 0.717) is 0 Å². The standard InChI is InChI=1S/C18H26/c1-14(15-7-3-2-4-8-15)13-17-12-11-16-9-5-6-10-18(16)17/h2-4,7-8,14,16-18H,5-6,9-13H2,1H3. The molecule has 0 radical (unpaired) electrons. The van der Waals surface area contributed by atoms with Gasteiger partial charge in [0.2, 0.25) is 0 Å². The summed E-state index contributed by atoms with van der Waals surface area (Å²) < 4.78 is 0. The molecular weight excluding hydrogens is 216 g/mol. The van der Waals surface area contributed by atoms with Gasteiger partial charge in [-0.3, -0.25) is 0 Å². The first-order valence-electron chi connectivity index (χ1n) is 7.89. The van der Waals surface area contributed by atoms with E-state index in [1.807, 2.05) is 0 Å². The van der Waals surface area contributed by atoms with Crippen molar-refractivity contribution in [1.29, 1.82) is 0 Å². The lowest BCUT2D eigenvalue weighted by Gasteiger charge is -2.30. The van der Waals surface area contributed by atoms with E-state index >= 15 is 0 Å². The molecule has 1 aromatic carbocycles. The number of rotatable bonds is 3. The Morgan fingerprint density at radius 3 is 2.61 bits per heavy atom. The van der Waals surface area contributed by atoms with E-state index in [0.717, 1.165) is 23.7 Å². The molecule has 4 atom stereocenters. The second-order valence-electron chi connectivity index (χ2n) is 6.59. The van der Waals surface area contributed by atoms with E-state index in [9.17, 15) is 0 Å². The van der Waals surface area contributed by atoms with Crippen LogP contribution in [-0.4, -0.2) is 0 Å². The van der Waals surface area contributed by atoms with Crippen LogP contribution < -0.4 is 0 Å². The highest BCUT2D eigenvalue weighted by molar-refractivity contribution is 5.18. The smallest absolute Gasteiger partial charge is 0.0188 e. The van der Waals surface area contributed by atoms with Gasteiger partial charge in [0, 0.05) is 0 Å². The van der Waals surface area contributed by atoms with Crippen LogP contribution in [0.3, 0.4) is 0 Å². The third-order valence-electron chi connectivity index (χ3n) is 5.51. The fourth-order valence-corrected chi connectivity index (χ4v) is 4.52. The van der Waals surface area contributed by atoms with E-state index in [1.54, 1.807) is 0 Å². The third kappa shape index (κ3) is 2.48. The third-order valence-corrected chi connectivity index (χ3v) is 5.51. The molecule has 2 saturated carbocycles. The molecule has 0 bridgehead atoms. The molecule has 0 N–H and O–H groups in total. The van der Waals surface area contributed by atoms with E-state index in [-0.39, 0.29) is 0 Å². The Balaban J connectivity index is 1.63. The lowest BCUT2D eigenvalue weighted by molar-refractivity contribution is 0.215. The van der Waals surface area contributed by atoms with Crippen LogP contribution >= 0.6 is 0 Å². The molecule has 0 saturated heterocycles. The minimum Gasteiger partial charge on any atom is -0.0622 e. The van der Waals surface area contributed by atoms with Crippen LogP contribution in [0.25, 0.3) is 0 Å². The molecule has 18 heavy (non-hydrogen) atoms. The molecule has 0 amide bonds. The van der Waals surface area contributed by atoms with Crippen molar-refractivity contribution in [2.24, 2.45) is 17.8 Å². The topological polar surface area (TPSA) is 0 Å². The van der Waals surface area contributed by atoms with Crippen molar-refractivity contribution in [3.63, 3.8) is 0 Å². The Morgan fingerprint density at radius 2 is 1.78 bits per heavy atom. The molecule has 0 aliphatic heterocycles. The van der Waals surface area contributed by atoms with Crippen molar-refractivity contribution in [2.45, 2.75) is 57.8 Å². The molecule has 2 fully saturated rings. The summed E-state index contributed by atoms with van der Waals surface area (Å²) in [5.41, 5.74) is 1.54. The van der Waals surface area contributed by atoms with Crippen molar-refractivity contribution < 1.29 is 0 Å². The van der Waals surface area contributed by atoms with Crippen molar-refractivity contribution in [3.05, 3.63) is 35.9 Å². The number of benzene rings is 1. The van der Waals surface area contributed by atoms with Crippen LogP contribution in [0.2, 0.25) is 0 Å². The van der Waals surface area contributed by atoms with Gasteiger partial charge in [0.05, 0.1) is 0 Å². The van der Waals surface area contributed by atoms with E-state index in [2.05, 4.69) is 37.3 Å². The summed E-state index contributed by atoms with van der Waals surface area (Å²) in [6.07, 6.45) is 10.5. The van der Waals surface area contributed by atoms with Gasteiger partial charge in [-0.15, -0.1) is 0 Å². The van der Waals surface area contributed by atoms with Gasteiger partial charge in [-0.05, 0) is 54.9 Å². The Labute approximate surface area is 112 Å². The average molecular weight is 242 g/mol. The van der Waals surface area contributed by atoms with Crippen LogP contribution in [0.4, 0.5) is 0 Å². The zero-order valence-electron chi connectivity index (χ0n) is 11.6. The molecule has 0 nitrogen and oxygen atoms in total. The average Bonchev–Trinajstić information content (AvgIpc) is 2.83. The van der Waals surface area contributed by atoms with Gasteiger partial charge < -0.3 is 0 Å². The van der Waals surface area contributed by atoms with Gasteiger partial charge in [0.25, 0.3) is 0 Å². The number of hydrogen-bond acceptors (Lipinski definition) is 0. The Bertz CT molecular complexity index is 367. The maximum absolute atomic E-state index is 2.42. The van der Waals surface area contributed by atoms with Gasteiger partial charge >= 0.3 is 0 Å². The van der Waals surface area contributed by atoms with Gasteiger partial charge in [-0.25, -0.2) is 0 Å². The predicted octanol–water partition coefficient (Wildman–Crippen LogP) is 5.40. The normalized spacial score (nSPS) is 33.1. The van der Waals surface area contributed by atoms with Gasteiger partial charge in [0.15, 0.2) is 0 Å². The zero-order valence-corrected chi connectivity index (χ0v) is 11.6. The monoisotopic (exact) mass is 242 g/mol. The first kappa shape index (κ1) is 12.3. The molecule has 0 spiro atoms. The van der Waals surface area contributed by atoms with Gasteiger partial charge in [-0.2, -0.15) is 0 Å². The largest absolute Gasteiger partial charge is 0.0622 e. The first-order valence-corrected chi connectivity index (χ1v) is 7.89. The molecule has 0 heterocycles. The summed E-state index contributed by atoms with van der Waals surface area (Å²) in [5.74, 6) is 3.93. The van der Waals surface area contributed by atoms with Crippen LogP contribution in [0.1, 0.15) is 63.4 Å². The maximum Gasteiger partial charge on any atom is -0.0188 e. The summed E-state index contributed by atoms with van der Waals surface area (Å²) in [7, 11) is 0. The highest BCUT2D eigenvalue weighted by Crippen LogP contribution is 2.48. The van der Waals surface area contributed by atoms with Crippen LogP contribution in [0.15, 0.2) is 30.3 Å². The minimum absolute atomic E-state index is 0.747. The molecule has 2 aliphatic rings. The fraction of sp³-hybridized carbons (Fsp3) is 0.667. The molecule has 1 aromatic rings. The van der Waals surface area contributed by atoms with Crippen LogP contribution in [0, 0.1) is 17.8 Å².